The predicted molar refractivity (Wildman–Crippen MR) is 63.5 cm³/mol. The molecule has 2 aromatic carbocycles. The summed E-state index contributed by atoms with van der Waals surface area (Å²) in [5, 5.41) is 21.1. The van der Waals surface area contributed by atoms with E-state index in [1.54, 1.807) is 6.07 Å². The lowest BCUT2D eigenvalue weighted by molar-refractivity contribution is 0.403. The van der Waals surface area contributed by atoms with Gasteiger partial charge in [0.15, 0.2) is 11.5 Å². The molecule has 5 heteroatoms. The highest BCUT2D eigenvalue weighted by atomic mass is 19.1. The second-order valence-corrected chi connectivity index (χ2v) is 3.80. The van der Waals surface area contributed by atoms with Crippen molar-refractivity contribution in [1.29, 1.82) is 0 Å². The Bertz CT molecular complexity index is 573. The van der Waals surface area contributed by atoms with Crippen LogP contribution in [0.1, 0.15) is 5.56 Å². The first-order chi connectivity index (χ1) is 8.56. The maximum absolute atomic E-state index is 13.3. The highest BCUT2D eigenvalue weighted by Crippen LogP contribution is 2.25. The van der Waals surface area contributed by atoms with Crippen LogP contribution in [0.15, 0.2) is 36.4 Å². The van der Waals surface area contributed by atoms with Crippen molar-refractivity contribution in [3.05, 3.63) is 53.6 Å². The second kappa shape index (κ2) is 4.91. The summed E-state index contributed by atoms with van der Waals surface area (Å²) < 4.78 is 26.2. The Balaban J connectivity index is 2.11. The van der Waals surface area contributed by atoms with Gasteiger partial charge in [0.1, 0.15) is 11.6 Å². The predicted octanol–water partition coefficient (Wildman–Crippen LogP) is 2.99. The molecule has 3 N–H and O–H groups in total. The normalized spacial score (nSPS) is 10.3. The standard InChI is InChI=1S/C13H11F2NO2/c14-9-2-3-10(15)11(6-9)16-7-8-1-4-12(17)13(18)5-8/h1-6,16-18H,7H2. The van der Waals surface area contributed by atoms with Crippen LogP contribution < -0.4 is 5.32 Å². The third kappa shape index (κ3) is 2.68. The number of hydrogen-bond donors (Lipinski definition) is 3. The molecule has 0 aliphatic rings. The lowest BCUT2D eigenvalue weighted by atomic mass is 10.2. The van der Waals surface area contributed by atoms with Crippen molar-refractivity contribution in [2.24, 2.45) is 0 Å². The molecule has 0 spiro atoms. The Hall–Kier alpha value is -2.30. The average molecular weight is 251 g/mol. The van der Waals surface area contributed by atoms with Gasteiger partial charge < -0.3 is 15.5 Å². The smallest absolute Gasteiger partial charge is 0.157 e. The quantitative estimate of drug-likeness (QED) is 0.735. The molecule has 2 rings (SSSR count). The molecule has 3 nitrogen and oxygen atoms in total. The molecule has 0 saturated heterocycles. The minimum absolute atomic E-state index is 0.0440. The molecular formula is C13H11F2NO2. The molecule has 94 valence electrons. The van der Waals surface area contributed by atoms with Crippen LogP contribution in [-0.2, 0) is 6.54 Å². The van der Waals surface area contributed by atoms with Gasteiger partial charge in [0.25, 0.3) is 0 Å². The molecule has 0 bridgehead atoms. The lowest BCUT2D eigenvalue weighted by Gasteiger charge is -2.08. The Kier molecular flexibility index (Phi) is 3.32. The molecule has 2 aromatic rings. The number of benzene rings is 2. The summed E-state index contributed by atoms with van der Waals surface area (Å²) in [4.78, 5) is 0. The summed E-state index contributed by atoms with van der Waals surface area (Å²) in [5.74, 6) is -1.57. The number of phenols is 2. The molecule has 0 atom stereocenters. The van der Waals surface area contributed by atoms with Crippen molar-refractivity contribution >= 4 is 5.69 Å². The maximum atomic E-state index is 13.3. The van der Waals surface area contributed by atoms with Gasteiger partial charge in [-0.25, -0.2) is 8.78 Å². The van der Waals surface area contributed by atoms with E-state index in [1.807, 2.05) is 0 Å². The van der Waals surface area contributed by atoms with Gasteiger partial charge in [0, 0.05) is 6.54 Å². The number of rotatable bonds is 3. The van der Waals surface area contributed by atoms with E-state index in [-0.39, 0.29) is 23.7 Å². The molecule has 18 heavy (non-hydrogen) atoms. The molecule has 0 aromatic heterocycles. The first kappa shape index (κ1) is 12.2. The summed E-state index contributed by atoms with van der Waals surface area (Å²) in [6.07, 6.45) is 0. The van der Waals surface area contributed by atoms with Crippen molar-refractivity contribution in [3.63, 3.8) is 0 Å². The van der Waals surface area contributed by atoms with Crippen LogP contribution in [0.4, 0.5) is 14.5 Å². The van der Waals surface area contributed by atoms with E-state index in [9.17, 15) is 13.9 Å². The number of phenolic OH excluding ortho intramolecular Hbond substituents is 2. The van der Waals surface area contributed by atoms with E-state index in [0.29, 0.717) is 5.56 Å². The highest BCUT2D eigenvalue weighted by Gasteiger charge is 2.05. The Morgan fingerprint density at radius 2 is 1.72 bits per heavy atom. The van der Waals surface area contributed by atoms with Gasteiger partial charge in [-0.15, -0.1) is 0 Å². The van der Waals surface area contributed by atoms with Crippen LogP contribution in [0.25, 0.3) is 0 Å². The van der Waals surface area contributed by atoms with E-state index in [4.69, 9.17) is 5.11 Å². The molecule has 0 radical (unpaired) electrons. The van der Waals surface area contributed by atoms with E-state index in [1.165, 1.54) is 12.1 Å². The molecule has 0 amide bonds. The minimum Gasteiger partial charge on any atom is -0.504 e. The number of hydrogen-bond acceptors (Lipinski definition) is 3. The third-order valence-electron chi connectivity index (χ3n) is 2.45. The summed E-state index contributed by atoms with van der Waals surface area (Å²) in [7, 11) is 0. The van der Waals surface area contributed by atoms with Gasteiger partial charge in [0.2, 0.25) is 0 Å². The van der Waals surface area contributed by atoms with Crippen molar-refractivity contribution < 1.29 is 19.0 Å². The van der Waals surface area contributed by atoms with Gasteiger partial charge in [-0.05, 0) is 35.9 Å². The number of nitrogens with one attached hydrogen (secondary N) is 1. The fourth-order valence-corrected chi connectivity index (χ4v) is 1.51. The van der Waals surface area contributed by atoms with Gasteiger partial charge >= 0.3 is 0 Å². The summed E-state index contributed by atoms with van der Waals surface area (Å²) >= 11 is 0. The first-order valence-corrected chi connectivity index (χ1v) is 5.26. The summed E-state index contributed by atoms with van der Waals surface area (Å²) in [5.41, 5.74) is 0.677. The van der Waals surface area contributed by atoms with E-state index >= 15 is 0 Å². The van der Waals surface area contributed by atoms with Crippen molar-refractivity contribution in [1.82, 2.24) is 0 Å². The topological polar surface area (TPSA) is 52.5 Å². The largest absolute Gasteiger partial charge is 0.504 e. The van der Waals surface area contributed by atoms with Crippen molar-refractivity contribution in [2.75, 3.05) is 5.32 Å². The van der Waals surface area contributed by atoms with E-state index in [0.717, 1.165) is 18.2 Å². The molecule has 0 heterocycles. The Morgan fingerprint density at radius 3 is 2.44 bits per heavy atom. The minimum atomic E-state index is -0.556. The van der Waals surface area contributed by atoms with Crippen LogP contribution in [0.3, 0.4) is 0 Å². The van der Waals surface area contributed by atoms with Crippen LogP contribution in [0.5, 0.6) is 11.5 Å². The lowest BCUT2D eigenvalue weighted by Crippen LogP contribution is -2.01. The van der Waals surface area contributed by atoms with E-state index in [2.05, 4.69) is 5.32 Å². The fraction of sp³-hybridized carbons (Fsp3) is 0.0769. The van der Waals surface area contributed by atoms with Crippen molar-refractivity contribution in [3.8, 4) is 11.5 Å². The van der Waals surface area contributed by atoms with Crippen molar-refractivity contribution in [2.45, 2.75) is 6.54 Å². The molecule has 0 saturated carbocycles. The summed E-state index contributed by atoms with van der Waals surface area (Å²) in [6, 6.07) is 7.36. The van der Waals surface area contributed by atoms with Crippen LogP contribution >= 0.6 is 0 Å². The van der Waals surface area contributed by atoms with Gasteiger partial charge in [-0.2, -0.15) is 0 Å². The monoisotopic (exact) mass is 251 g/mol. The Labute approximate surface area is 102 Å². The van der Waals surface area contributed by atoms with E-state index < -0.39 is 11.6 Å². The number of anilines is 1. The van der Waals surface area contributed by atoms with Crippen LogP contribution in [0, 0.1) is 11.6 Å². The Morgan fingerprint density at radius 1 is 0.944 bits per heavy atom. The third-order valence-corrected chi connectivity index (χ3v) is 2.45. The fourth-order valence-electron chi connectivity index (χ4n) is 1.51. The zero-order chi connectivity index (χ0) is 13.1. The summed E-state index contributed by atoms with van der Waals surface area (Å²) in [6.45, 7) is 0.203. The molecule has 0 unspecified atom stereocenters. The number of aromatic hydroxyl groups is 2. The van der Waals surface area contributed by atoms with Crippen LogP contribution in [-0.4, -0.2) is 10.2 Å². The second-order valence-electron chi connectivity index (χ2n) is 3.80. The van der Waals surface area contributed by atoms with Gasteiger partial charge in [-0.1, -0.05) is 6.07 Å². The zero-order valence-corrected chi connectivity index (χ0v) is 9.32. The SMILES string of the molecule is Oc1ccc(CNc2cc(F)ccc2F)cc1O. The highest BCUT2D eigenvalue weighted by molar-refractivity contribution is 5.47. The average Bonchev–Trinajstić information content (AvgIpc) is 2.34. The molecule has 0 aliphatic carbocycles. The van der Waals surface area contributed by atoms with Gasteiger partial charge in [-0.3, -0.25) is 0 Å². The molecule has 0 fully saturated rings. The number of halogens is 2. The zero-order valence-electron chi connectivity index (χ0n) is 9.32. The van der Waals surface area contributed by atoms with Gasteiger partial charge in [0.05, 0.1) is 5.69 Å². The molecular weight excluding hydrogens is 240 g/mol. The first-order valence-electron chi connectivity index (χ1n) is 5.26. The maximum Gasteiger partial charge on any atom is 0.157 e. The molecule has 0 aliphatic heterocycles. The van der Waals surface area contributed by atoms with Crippen LogP contribution in [0.2, 0.25) is 0 Å².